The zero-order valence-electron chi connectivity index (χ0n) is 15.0. The molecule has 0 aliphatic rings. The molecular formula is C19H14F2N5O3+. The van der Waals surface area contributed by atoms with E-state index in [1.54, 1.807) is 18.2 Å². The normalized spacial score (nSPS) is 10.9. The molecule has 4 rings (SSSR count). The van der Waals surface area contributed by atoms with E-state index in [1.807, 2.05) is 0 Å². The third kappa shape index (κ3) is 3.20. The standard InChI is InChI=1S/C19H13F2N5O3/c1-29-18(28)10-4-2-7-13-16(10)25-19(23-13)26-9-22-8-14(26)24-17(27)15-11(20)5-3-6-12(15)21/h2-9H,1H3,(H2,23,24,25,27,28)/p+1. The molecular weight excluding hydrogens is 384 g/mol. The minimum Gasteiger partial charge on any atom is -0.465 e. The van der Waals surface area contributed by atoms with Crippen molar-refractivity contribution in [1.82, 2.24) is 15.0 Å². The molecule has 2 heterocycles. The lowest BCUT2D eigenvalue weighted by Gasteiger charge is -2.04. The highest BCUT2D eigenvalue weighted by molar-refractivity contribution is 6.04. The number of rotatable bonds is 4. The van der Waals surface area contributed by atoms with Crippen molar-refractivity contribution in [2.45, 2.75) is 0 Å². The predicted molar refractivity (Wildman–Crippen MR) is 97.6 cm³/mol. The molecule has 2 aromatic carbocycles. The first kappa shape index (κ1) is 18.3. The fourth-order valence-electron chi connectivity index (χ4n) is 2.90. The molecule has 4 aromatic rings. The highest BCUT2D eigenvalue weighted by Gasteiger charge is 2.24. The molecule has 8 nitrogen and oxygen atoms in total. The largest absolute Gasteiger partial charge is 0.465 e. The number of nitrogens with zero attached hydrogens (tertiary/aromatic N) is 2. The van der Waals surface area contributed by atoms with Crippen molar-refractivity contribution in [2.75, 3.05) is 12.4 Å². The number of carbonyl (C=O) groups is 2. The van der Waals surface area contributed by atoms with Gasteiger partial charge in [0.2, 0.25) is 5.82 Å². The SMILES string of the molecule is COC(=O)c1cccc2[nH]c(-[n+]3c[nH]cc3NC(=O)c3c(F)cccc3F)nc12. The van der Waals surface area contributed by atoms with Crippen LogP contribution in [0.25, 0.3) is 17.0 Å². The Morgan fingerprint density at radius 1 is 1.14 bits per heavy atom. The Morgan fingerprint density at radius 2 is 1.86 bits per heavy atom. The van der Waals surface area contributed by atoms with Gasteiger partial charge in [-0.25, -0.2) is 13.6 Å². The molecule has 0 aliphatic carbocycles. The van der Waals surface area contributed by atoms with Gasteiger partial charge in [-0.3, -0.25) is 15.1 Å². The third-order valence-corrected chi connectivity index (χ3v) is 4.25. The number of fused-ring (bicyclic) bond motifs is 1. The second-order valence-corrected chi connectivity index (χ2v) is 6.00. The van der Waals surface area contributed by atoms with Crippen molar-refractivity contribution < 1.29 is 27.7 Å². The van der Waals surface area contributed by atoms with Crippen molar-refractivity contribution >= 4 is 28.7 Å². The van der Waals surface area contributed by atoms with Crippen molar-refractivity contribution in [1.29, 1.82) is 0 Å². The maximum Gasteiger partial charge on any atom is 0.341 e. The number of benzene rings is 2. The lowest BCUT2D eigenvalue weighted by molar-refractivity contribution is -0.586. The molecule has 29 heavy (non-hydrogen) atoms. The number of anilines is 1. The van der Waals surface area contributed by atoms with Gasteiger partial charge in [-0.1, -0.05) is 12.1 Å². The number of amides is 1. The minimum absolute atomic E-state index is 0.177. The average Bonchev–Trinajstić information content (AvgIpc) is 3.33. The number of nitrogens with one attached hydrogen (secondary N) is 3. The number of aromatic nitrogens is 4. The highest BCUT2D eigenvalue weighted by atomic mass is 19.1. The zero-order valence-corrected chi connectivity index (χ0v) is 15.0. The van der Waals surface area contributed by atoms with Gasteiger partial charge in [0.25, 0.3) is 5.91 Å². The number of hydrogen-bond acceptors (Lipinski definition) is 4. The lowest BCUT2D eigenvalue weighted by atomic mass is 10.2. The quantitative estimate of drug-likeness (QED) is 0.363. The fourth-order valence-corrected chi connectivity index (χ4v) is 2.90. The van der Waals surface area contributed by atoms with E-state index in [2.05, 4.69) is 20.3 Å². The van der Waals surface area contributed by atoms with Crippen LogP contribution >= 0.6 is 0 Å². The van der Waals surface area contributed by atoms with Crippen LogP contribution in [-0.2, 0) is 4.74 Å². The Kier molecular flexibility index (Phi) is 4.51. The Labute approximate surface area is 162 Å². The number of methoxy groups -OCH3 is 1. The molecule has 2 aromatic heterocycles. The summed E-state index contributed by atoms with van der Waals surface area (Å²) in [6.45, 7) is 0. The van der Waals surface area contributed by atoms with E-state index in [0.717, 1.165) is 12.1 Å². The Bertz CT molecular complexity index is 1230. The van der Waals surface area contributed by atoms with Crippen LogP contribution in [0.1, 0.15) is 20.7 Å². The number of aromatic amines is 2. The van der Waals surface area contributed by atoms with Crippen LogP contribution in [0.3, 0.4) is 0 Å². The number of halogens is 2. The summed E-state index contributed by atoms with van der Waals surface area (Å²) in [5.41, 5.74) is 0.509. The number of esters is 1. The van der Waals surface area contributed by atoms with Crippen LogP contribution in [-0.4, -0.2) is 33.9 Å². The maximum absolute atomic E-state index is 13.9. The van der Waals surface area contributed by atoms with Crippen LogP contribution in [0.5, 0.6) is 0 Å². The Morgan fingerprint density at radius 3 is 2.59 bits per heavy atom. The summed E-state index contributed by atoms with van der Waals surface area (Å²) >= 11 is 0. The second kappa shape index (κ2) is 7.15. The third-order valence-electron chi connectivity index (χ3n) is 4.25. The maximum atomic E-state index is 13.9. The zero-order chi connectivity index (χ0) is 20.5. The van der Waals surface area contributed by atoms with E-state index in [1.165, 1.54) is 30.3 Å². The van der Waals surface area contributed by atoms with E-state index in [4.69, 9.17) is 4.74 Å². The number of carbonyl (C=O) groups excluding carboxylic acids is 2. The molecule has 0 aliphatic heterocycles. The van der Waals surface area contributed by atoms with Gasteiger partial charge in [0.15, 0.2) is 11.8 Å². The molecule has 0 saturated carbocycles. The molecule has 0 saturated heterocycles. The van der Waals surface area contributed by atoms with Crippen LogP contribution in [0.4, 0.5) is 14.6 Å². The van der Waals surface area contributed by atoms with Gasteiger partial charge < -0.3 is 9.72 Å². The molecule has 146 valence electrons. The molecule has 10 heteroatoms. The number of H-pyrrole nitrogens is 2. The van der Waals surface area contributed by atoms with Crippen LogP contribution in [0.15, 0.2) is 48.9 Å². The highest BCUT2D eigenvalue weighted by Crippen LogP contribution is 2.19. The van der Waals surface area contributed by atoms with Gasteiger partial charge in [-0.05, 0) is 24.3 Å². The predicted octanol–water partition coefficient (Wildman–Crippen LogP) is 2.48. The van der Waals surface area contributed by atoms with Crippen molar-refractivity contribution in [3.63, 3.8) is 0 Å². The molecule has 0 bridgehead atoms. The minimum atomic E-state index is -0.976. The van der Waals surface area contributed by atoms with Gasteiger partial charge in [0.1, 0.15) is 22.7 Å². The smallest absolute Gasteiger partial charge is 0.341 e. The summed E-state index contributed by atoms with van der Waals surface area (Å²) in [6.07, 6.45) is 2.90. The van der Waals surface area contributed by atoms with Crippen LogP contribution in [0, 0.1) is 11.6 Å². The first-order valence-electron chi connectivity index (χ1n) is 8.41. The first-order chi connectivity index (χ1) is 14.0. The summed E-state index contributed by atoms with van der Waals surface area (Å²) < 4.78 is 33.9. The molecule has 1 amide bonds. The molecule has 3 N–H and O–H groups in total. The van der Waals surface area contributed by atoms with Crippen molar-refractivity contribution in [3.8, 4) is 5.95 Å². The molecule has 0 fully saturated rings. The number of para-hydroxylation sites is 1. The van der Waals surface area contributed by atoms with Crippen LogP contribution < -0.4 is 9.88 Å². The summed E-state index contributed by atoms with van der Waals surface area (Å²) in [7, 11) is 1.27. The summed E-state index contributed by atoms with van der Waals surface area (Å²) in [4.78, 5) is 34.5. The molecule has 0 unspecified atom stereocenters. The van der Waals surface area contributed by atoms with Gasteiger partial charge >= 0.3 is 11.9 Å². The molecule has 0 atom stereocenters. The lowest BCUT2D eigenvalue weighted by Crippen LogP contribution is -2.35. The van der Waals surface area contributed by atoms with Crippen molar-refractivity contribution in [3.05, 3.63) is 71.7 Å². The van der Waals surface area contributed by atoms with E-state index < -0.39 is 29.1 Å². The van der Waals surface area contributed by atoms with Crippen LogP contribution in [0.2, 0.25) is 0 Å². The van der Waals surface area contributed by atoms with Crippen molar-refractivity contribution in [2.24, 2.45) is 0 Å². The molecule has 0 radical (unpaired) electrons. The summed E-state index contributed by atoms with van der Waals surface area (Å²) in [5, 5.41) is 2.44. The van der Waals surface area contributed by atoms with E-state index in [9.17, 15) is 18.4 Å². The Balaban J connectivity index is 1.72. The topological polar surface area (TPSA) is 104 Å². The van der Waals surface area contributed by atoms with Gasteiger partial charge in [0.05, 0.1) is 18.9 Å². The number of imidazole rings is 2. The summed E-state index contributed by atoms with van der Waals surface area (Å²) in [5.74, 6) is -3.01. The van der Waals surface area contributed by atoms with Gasteiger partial charge in [-0.15, -0.1) is 4.98 Å². The fraction of sp³-hybridized carbons (Fsp3) is 0.0526. The van der Waals surface area contributed by atoms with E-state index >= 15 is 0 Å². The Hall–Kier alpha value is -4.08. The second-order valence-electron chi connectivity index (χ2n) is 6.00. The van der Waals surface area contributed by atoms with Gasteiger partial charge in [-0.2, -0.15) is 4.57 Å². The monoisotopic (exact) mass is 398 g/mol. The summed E-state index contributed by atoms with van der Waals surface area (Å²) in [6, 6.07) is 8.13. The average molecular weight is 398 g/mol. The first-order valence-corrected chi connectivity index (χ1v) is 8.41. The number of hydrogen-bond donors (Lipinski definition) is 3. The molecule has 0 spiro atoms. The number of ether oxygens (including phenoxy) is 1. The van der Waals surface area contributed by atoms with E-state index in [0.29, 0.717) is 11.0 Å². The van der Waals surface area contributed by atoms with Gasteiger partial charge in [0, 0.05) is 0 Å². The van der Waals surface area contributed by atoms with E-state index in [-0.39, 0.29) is 17.3 Å².